The molecule has 29 heavy (non-hydrogen) atoms. The van der Waals surface area contributed by atoms with Crippen molar-refractivity contribution in [3.05, 3.63) is 41.7 Å². The number of aromatic amines is 1. The van der Waals surface area contributed by atoms with Gasteiger partial charge in [0.2, 0.25) is 0 Å². The first-order valence-corrected chi connectivity index (χ1v) is 9.86. The van der Waals surface area contributed by atoms with Crippen molar-refractivity contribution >= 4 is 29.9 Å². The Morgan fingerprint density at radius 3 is 2.48 bits per heavy atom. The van der Waals surface area contributed by atoms with Crippen molar-refractivity contribution in [3.8, 4) is 11.5 Å². The highest BCUT2D eigenvalue weighted by molar-refractivity contribution is 14.0. The van der Waals surface area contributed by atoms with Gasteiger partial charge in [-0.3, -0.25) is 10.1 Å². The molecule has 1 aromatic carbocycles. The van der Waals surface area contributed by atoms with E-state index < -0.39 is 0 Å². The number of methoxy groups -OCH3 is 2. The molecule has 3 N–H and O–H groups in total. The van der Waals surface area contributed by atoms with Crippen LogP contribution in [0.25, 0.3) is 0 Å². The lowest BCUT2D eigenvalue weighted by Gasteiger charge is -2.38. The summed E-state index contributed by atoms with van der Waals surface area (Å²) in [6.07, 6.45) is 7.80. The van der Waals surface area contributed by atoms with Gasteiger partial charge in [0, 0.05) is 25.2 Å². The first-order valence-electron chi connectivity index (χ1n) is 9.86. The zero-order chi connectivity index (χ0) is 19.8. The minimum atomic E-state index is 0. The van der Waals surface area contributed by atoms with Gasteiger partial charge in [0.05, 0.1) is 26.5 Å². The van der Waals surface area contributed by atoms with Gasteiger partial charge in [-0.25, -0.2) is 0 Å². The lowest BCUT2D eigenvalue weighted by Crippen LogP contribution is -2.46. The van der Waals surface area contributed by atoms with Gasteiger partial charge in [-0.2, -0.15) is 5.10 Å². The van der Waals surface area contributed by atoms with Crippen LogP contribution in [0.2, 0.25) is 0 Å². The number of benzene rings is 1. The normalized spacial score (nSPS) is 15.9. The maximum absolute atomic E-state index is 5.55. The van der Waals surface area contributed by atoms with Gasteiger partial charge in [0.15, 0.2) is 17.5 Å². The summed E-state index contributed by atoms with van der Waals surface area (Å²) >= 11 is 0. The largest absolute Gasteiger partial charge is 0.493 e. The highest BCUT2D eigenvalue weighted by atomic mass is 127. The molecule has 0 spiro atoms. The summed E-state index contributed by atoms with van der Waals surface area (Å²) < 4.78 is 11.0. The fourth-order valence-corrected chi connectivity index (χ4v) is 4.00. The number of nitrogens with one attached hydrogen (secondary N) is 3. The Kier molecular flexibility index (Phi) is 9.06. The van der Waals surface area contributed by atoms with Crippen LogP contribution in [-0.2, 0) is 12.0 Å². The molecular weight excluding hydrogens is 481 g/mol. The quantitative estimate of drug-likeness (QED) is 0.300. The molecule has 0 atom stereocenters. The monoisotopic (exact) mass is 513 g/mol. The number of H-pyrrole nitrogens is 1. The summed E-state index contributed by atoms with van der Waals surface area (Å²) in [4.78, 5) is 4.37. The van der Waals surface area contributed by atoms with Crippen molar-refractivity contribution in [2.45, 2.75) is 44.1 Å². The molecule has 7 nitrogen and oxygen atoms in total. The highest BCUT2D eigenvalue weighted by Gasteiger charge is 2.34. The summed E-state index contributed by atoms with van der Waals surface area (Å²) in [7, 11) is 5.16. The van der Waals surface area contributed by atoms with E-state index in [-0.39, 0.29) is 29.4 Å². The van der Waals surface area contributed by atoms with E-state index in [0.29, 0.717) is 6.54 Å². The van der Waals surface area contributed by atoms with Crippen LogP contribution in [0.3, 0.4) is 0 Å². The molecule has 1 aliphatic rings. The second-order valence-corrected chi connectivity index (χ2v) is 7.27. The summed E-state index contributed by atoms with van der Waals surface area (Å²) in [6.45, 7) is 1.48. The molecule has 1 aliphatic carbocycles. The number of halogens is 1. The second-order valence-electron chi connectivity index (χ2n) is 7.27. The summed E-state index contributed by atoms with van der Waals surface area (Å²) in [5.74, 6) is 2.34. The van der Waals surface area contributed by atoms with E-state index in [1.165, 1.54) is 24.8 Å². The Hall–Kier alpha value is -1.97. The topological polar surface area (TPSA) is 83.6 Å². The number of aromatic nitrogens is 2. The molecule has 1 heterocycles. The Balaban J connectivity index is 0.00000300. The average molecular weight is 513 g/mol. The van der Waals surface area contributed by atoms with E-state index in [0.717, 1.165) is 42.5 Å². The van der Waals surface area contributed by atoms with Crippen molar-refractivity contribution in [3.63, 3.8) is 0 Å². The van der Waals surface area contributed by atoms with Crippen LogP contribution < -0.4 is 20.1 Å². The Morgan fingerprint density at radius 2 is 1.86 bits per heavy atom. The zero-order valence-electron chi connectivity index (χ0n) is 17.5. The standard InChI is InChI=1S/C21H31N5O2.HI/c1-22-20(23-14-17-9-12-25-26-17)24-15-21(10-5-4-6-11-21)16-7-8-18(27-2)19(13-16)28-3;/h7-9,12-13H,4-6,10-11,14-15H2,1-3H3,(H,25,26)(H2,22,23,24);1H. The number of rotatable bonds is 7. The average Bonchev–Trinajstić information content (AvgIpc) is 3.27. The van der Waals surface area contributed by atoms with E-state index in [4.69, 9.17) is 9.47 Å². The smallest absolute Gasteiger partial charge is 0.191 e. The molecule has 2 aromatic rings. The lowest BCUT2D eigenvalue weighted by molar-refractivity contribution is 0.288. The third-order valence-electron chi connectivity index (χ3n) is 5.63. The van der Waals surface area contributed by atoms with Gasteiger partial charge in [0.1, 0.15) is 0 Å². The third-order valence-corrected chi connectivity index (χ3v) is 5.63. The number of nitrogens with zero attached hydrogens (tertiary/aromatic N) is 2. The summed E-state index contributed by atoms with van der Waals surface area (Å²) in [5, 5.41) is 13.8. The van der Waals surface area contributed by atoms with E-state index >= 15 is 0 Å². The van der Waals surface area contributed by atoms with E-state index in [2.05, 4.69) is 38.0 Å². The predicted octanol–water partition coefficient (Wildman–Crippen LogP) is 3.61. The van der Waals surface area contributed by atoms with E-state index in [1.807, 2.05) is 12.1 Å². The van der Waals surface area contributed by atoms with Gasteiger partial charge in [0.25, 0.3) is 0 Å². The van der Waals surface area contributed by atoms with E-state index in [9.17, 15) is 0 Å². The van der Waals surface area contributed by atoms with Crippen molar-refractivity contribution in [1.29, 1.82) is 0 Å². The molecule has 1 fully saturated rings. The number of hydrogen-bond donors (Lipinski definition) is 3. The predicted molar refractivity (Wildman–Crippen MR) is 127 cm³/mol. The minimum Gasteiger partial charge on any atom is -0.493 e. The number of aliphatic imine (C=N–C) groups is 1. The zero-order valence-corrected chi connectivity index (χ0v) is 19.8. The second kappa shape index (κ2) is 11.3. The van der Waals surface area contributed by atoms with Crippen LogP contribution in [0, 0.1) is 0 Å². The molecule has 0 radical (unpaired) electrons. The molecule has 0 amide bonds. The van der Waals surface area contributed by atoms with Gasteiger partial charge >= 0.3 is 0 Å². The fourth-order valence-electron chi connectivity index (χ4n) is 4.00. The molecule has 8 heteroatoms. The first kappa shape index (κ1) is 23.3. The minimum absolute atomic E-state index is 0. The lowest BCUT2D eigenvalue weighted by atomic mass is 9.69. The van der Waals surface area contributed by atoms with Gasteiger partial charge in [-0.05, 0) is 36.6 Å². The Labute approximate surface area is 190 Å². The van der Waals surface area contributed by atoms with Crippen LogP contribution in [0.15, 0.2) is 35.5 Å². The maximum Gasteiger partial charge on any atom is 0.191 e. The molecule has 0 aliphatic heterocycles. The van der Waals surface area contributed by atoms with Crippen LogP contribution in [0.5, 0.6) is 11.5 Å². The third kappa shape index (κ3) is 5.77. The van der Waals surface area contributed by atoms with Gasteiger partial charge < -0.3 is 20.1 Å². The first-order chi connectivity index (χ1) is 13.7. The Bertz CT molecular complexity index is 773. The molecule has 3 rings (SSSR count). The highest BCUT2D eigenvalue weighted by Crippen LogP contribution is 2.42. The summed E-state index contributed by atoms with van der Waals surface area (Å²) in [6, 6.07) is 8.27. The van der Waals surface area contributed by atoms with Crippen LogP contribution in [0.4, 0.5) is 0 Å². The number of ether oxygens (including phenoxy) is 2. The molecule has 160 valence electrons. The van der Waals surface area contributed by atoms with Gasteiger partial charge in [-0.1, -0.05) is 25.3 Å². The van der Waals surface area contributed by atoms with Crippen molar-refractivity contribution in [2.24, 2.45) is 4.99 Å². The molecule has 1 aromatic heterocycles. The fraction of sp³-hybridized carbons (Fsp3) is 0.524. The SMILES string of the molecule is CN=C(NCc1ccn[nH]1)NCC1(c2ccc(OC)c(OC)c2)CCCCC1.I. The maximum atomic E-state index is 5.55. The van der Waals surface area contributed by atoms with Gasteiger partial charge in [-0.15, -0.1) is 24.0 Å². The molecule has 1 saturated carbocycles. The molecule has 0 saturated heterocycles. The molecule has 0 bridgehead atoms. The van der Waals surface area contributed by atoms with E-state index in [1.54, 1.807) is 27.5 Å². The van der Waals surface area contributed by atoms with Crippen molar-refractivity contribution < 1.29 is 9.47 Å². The van der Waals surface area contributed by atoms with Crippen molar-refractivity contribution in [1.82, 2.24) is 20.8 Å². The van der Waals surface area contributed by atoms with Crippen molar-refractivity contribution in [2.75, 3.05) is 27.8 Å². The van der Waals surface area contributed by atoms with Crippen LogP contribution in [0.1, 0.15) is 43.4 Å². The number of hydrogen-bond acceptors (Lipinski definition) is 4. The number of guanidine groups is 1. The Morgan fingerprint density at radius 1 is 1.10 bits per heavy atom. The molecule has 0 unspecified atom stereocenters. The van der Waals surface area contributed by atoms with Crippen LogP contribution in [-0.4, -0.2) is 44.0 Å². The van der Waals surface area contributed by atoms with Crippen LogP contribution >= 0.6 is 24.0 Å². The molecular formula is C21H32IN5O2. The summed E-state index contributed by atoms with van der Waals surface area (Å²) in [5.41, 5.74) is 2.38.